The van der Waals surface area contributed by atoms with Crippen molar-refractivity contribution in [3.63, 3.8) is 0 Å². The van der Waals surface area contributed by atoms with Crippen LogP contribution in [0.4, 0.5) is 30.5 Å². The number of piperazine rings is 1. The topological polar surface area (TPSA) is 97.5 Å². The lowest BCUT2D eigenvalue weighted by Crippen LogP contribution is -2.55. The van der Waals surface area contributed by atoms with Gasteiger partial charge in [0.1, 0.15) is 5.82 Å². The Morgan fingerprint density at radius 1 is 1.10 bits per heavy atom. The Balaban J connectivity index is 1.54. The summed E-state index contributed by atoms with van der Waals surface area (Å²) in [5.41, 5.74) is -0.0505. The Morgan fingerprint density at radius 3 is 2.49 bits per heavy atom. The number of hydrogen-bond donors (Lipinski definition) is 2. The molecule has 5 rings (SSSR count). The van der Waals surface area contributed by atoms with E-state index in [2.05, 4.69) is 39.0 Å². The number of nitrogens with zero attached hydrogens (tertiary/aromatic N) is 5. The molecular weight excluding hydrogens is 535 g/mol. The van der Waals surface area contributed by atoms with Crippen LogP contribution in [0.15, 0.2) is 53.7 Å². The summed E-state index contributed by atoms with van der Waals surface area (Å²) < 4.78 is 43.3. The van der Waals surface area contributed by atoms with E-state index in [-0.39, 0.29) is 28.9 Å². The minimum atomic E-state index is -3.03. The number of alkyl halides is 2. The number of carbonyl (C=O) groups is 1. The summed E-state index contributed by atoms with van der Waals surface area (Å²) in [6.45, 7) is 6.29. The van der Waals surface area contributed by atoms with Crippen molar-refractivity contribution in [3.05, 3.63) is 81.8 Å². The molecule has 41 heavy (non-hydrogen) atoms. The molecule has 1 amide bonds. The maximum atomic E-state index is 15.9. The van der Waals surface area contributed by atoms with Crippen molar-refractivity contribution in [1.29, 1.82) is 0 Å². The molecule has 216 valence electrons. The van der Waals surface area contributed by atoms with Crippen molar-refractivity contribution in [1.82, 2.24) is 19.9 Å². The van der Waals surface area contributed by atoms with Crippen LogP contribution in [0, 0.1) is 5.82 Å². The number of aromatic amines is 1. The summed E-state index contributed by atoms with van der Waals surface area (Å²) in [6, 6.07) is 5.69. The smallest absolute Gasteiger partial charge is 0.264 e. The van der Waals surface area contributed by atoms with Crippen LogP contribution in [0.25, 0.3) is 5.57 Å². The molecule has 1 saturated heterocycles. The Labute approximate surface area is 235 Å². The lowest BCUT2D eigenvalue weighted by molar-refractivity contribution is 0.101. The molecule has 2 aromatic heterocycles. The highest BCUT2D eigenvalue weighted by Crippen LogP contribution is 2.36. The number of rotatable bonds is 6. The normalized spacial score (nSPS) is 19.8. The van der Waals surface area contributed by atoms with Crippen LogP contribution in [-0.2, 0) is 0 Å². The van der Waals surface area contributed by atoms with Crippen molar-refractivity contribution in [3.8, 4) is 0 Å². The second-order valence-electron chi connectivity index (χ2n) is 10.5. The first-order chi connectivity index (χ1) is 19.6. The molecule has 0 aliphatic carbocycles. The van der Waals surface area contributed by atoms with E-state index in [1.807, 2.05) is 22.9 Å². The van der Waals surface area contributed by atoms with Crippen LogP contribution in [0.1, 0.15) is 48.2 Å². The van der Waals surface area contributed by atoms with Gasteiger partial charge in [0, 0.05) is 74.0 Å². The minimum absolute atomic E-state index is 0.148. The standard InChI is InChI=1S/C29H32F3N7O2/c1-17-14-39(15-18(2)37(17)3)25-12-23(30)20(19-6-4-9-38(16-19)29-33-7-5-8-34-29)10-24(25)36-28(41)22-13-35-26(40)11-21(22)27(31)32/h5-8,10-13,17-18,27H,4,9,14-16H2,1-3H3,(H,35,40)(H,36,41)/t17-,18+. The molecule has 2 N–H and O–H groups in total. The molecular formula is C29H32F3N7O2. The summed E-state index contributed by atoms with van der Waals surface area (Å²) in [5.74, 6) is -0.763. The third-order valence-corrected chi connectivity index (χ3v) is 7.80. The van der Waals surface area contributed by atoms with Gasteiger partial charge in [0.25, 0.3) is 12.3 Å². The summed E-state index contributed by atoms with van der Waals surface area (Å²) in [4.78, 5) is 42.1. The Morgan fingerprint density at radius 2 is 1.80 bits per heavy atom. The first kappa shape index (κ1) is 28.3. The molecule has 12 heteroatoms. The molecule has 1 fully saturated rings. The summed E-state index contributed by atoms with van der Waals surface area (Å²) in [7, 11) is 2.03. The zero-order chi connectivity index (χ0) is 29.3. The second-order valence-corrected chi connectivity index (χ2v) is 10.5. The predicted molar refractivity (Wildman–Crippen MR) is 152 cm³/mol. The van der Waals surface area contributed by atoms with Crippen LogP contribution >= 0.6 is 0 Å². The highest BCUT2D eigenvalue weighted by atomic mass is 19.3. The van der Waals surface area contributed by atoms with Crippen molar-refractivity contribution >= 4 is 28.8 Å². The number of hydrogen-bond acceptors (Lipinski definition) is 7. The third-order valence-electron chi connectivity index (χ3n) is 7.80. The third kappa shape index (κ3) is 5.97. The fourth-order valence-electron chi connectivity index (χ4n) is 5.39. The zero-order valence-corrected chi connectivity index (χ0v) is 23.1. The van der Waals surface area contributed by atoms with E-state index in [9.17, 15) is 18.4 Å². The van der Waals surface area contributed by atoms with Crippen LogP contribution < -0.4 is 20.7 Å². The van der Waals surface area contributed by atoms with Crippen LogP contribution in [0.2, 0.25) is 0 Å². The van der Waals surface area contributed by atoms with Crippen LogP contribution in [-0.4, -0.2) is 71.1 Å². The lowest BCUT2D eigenvalue weighted by Gasteiger charge is -2.44. The quantitative estimate of drug-likeness (QED) is 0.458. The molecule has 0 bridgehead atoms. The molecule has 2 atom stereocenters. The number of nitrogens with one attached hydrogen (secondary N) is 2. The van der Waals surface area contributed by atoms with Gasteiger partial charge in [-0.1, -0.05) is 6.08 Å². The number of H-pyrrole nitrogens is 1. The van der Waals surface area contributed by atoms with Gasteiger partial charge < -0.3 is 20.1 Å². The Kier molecular flexibility index (Phi) is 8.11. The first-order valence-electron chi connectivity index (χ1n) is 13.5. The summed E-state index contributed by atoms with van der Waals surface area (Å²) in [6.07, 6.45) is 3.82. The number of pyridine rings is 1. The van der Waals surface area contributed by atoms with Gasteiger partial charge in [0.15, 0.2) is 0 Å². The number of halogens is 3. The average Bonchev–Trinajstić information content (AvgIpc) is 2.96. The van der Waals surface area contributed by atoms with Gasteiger partial charge in [-0.15, -0.1) is 0 Å². The van der Waals surface area contributed by atoms with E-state index in [1.165, 1.54) is 6.07 Å². The maximum absolute atomic E-state index is 15.9. The number of aromatic nitrogens is 3. The molecule has 2 aliphatic heterocycles. The van der Waals surface area contributed by atoms with Crippen molar-refractivity contribution in [2.24, 2.45) is 0 Å². The van der Waals surface area contributed by atoms with E-state index in [0.717, 1.165) is 6.20 Å². The molecule has 0 unspecified atom stereocenters. The summed E-state index contributed by atoms with van der Waals surface area (Å²) in [5, 5.41) is 2.75. The molecule has 4 heterocycles. The number of benzene rings is 1. The van der Waals surface area contributed by atoms with Crippen LogP contribution in [0.3, 0.4) is 0 Å². The van der Waals surface area contributed by atoms with Gasteiger partial charge in [-0.25, -0.2) is 23.1 Å². The highest BCUT2D eigenvalue weighted by Gasteiger charge is 2.30. The van der Waals surface area contributed by atoms with E-state index < -0.39 is 29.3 Å². The van der Waals surface area contributed by atoms with Crippen molar-refractivity contribution < 1.29 is 18.0 Å². The molecule has 3 aromatic rings. The maximum Gasteiger partial charge on any atom is 0.264 e. The highest BCUT2D eigenvalue weighted by molar-refractivity contribution is 6.07. The lowest BCUT2D eigenvalue weighted by atomic mass is 9.98. The minimum Gasteiger partial charge on any atom is -0.367 e. The van der Waals surface area contributed by atoms with E-state index >= 15 is 4.39 Å². The van der Waals surface area contributed by atoms with Gasteiger partial charge in [-0.2, -0.15) is 0 Å². The average molecular weight is 568 g/mol. The SMILES string of the molecule is C[C@@H]1CN(c2cc(F)c(C3=CCCN(c4ncccn4)C3)cc2NC(=O)c2c[nH]c(=O)cc2C(F)F)C[C@H](C)N1C. The zero-order valence-electron chi connectivity index (χ0n) is 23.1. The van der Waals surface area contributed by atoms with Crippen LogP contribution in [0.5, 0.6) is 0 Å². The monoisotopic (exact) mass is 567 g/mol. The van der Waals surface area contributed by atoms with Crippen molar-refractivity contribution in [2.45, 2.75) is 38.8 Å². The fourth-order valence-corrected chi connectivity index (χ4v) is 5.39. The number of amides is 1. The van der Waals surface area contributed by atoms with Gasteiger partial charge in [-0.3, -0.25) is 14.5 Å². The summed E-state index contributed by atoms with van der Waals surface area (Å²) >= 11 is 0. The van der Waals surface area contributed by atoms with Gasteiger partial charge >= 0.3 is 0 Å². The molecule has 2 aliphatic rings. The number of likely N-dealkylation sites (N-methyl/N-ethyl adjacent to an activating group) is 1. The van der Waals surface area contributed by atoms with Crippen molar-refractivity contribution in [2.75, 3.05) is 48.3 Å². The number of anilines is 3. The molecule has 0 radical (unpaired) electrons. The fraction of sp³-hybridized carbons (Fsp3) is 0.379. The Bertz CT molecular complexity index is 1500. The molecule has 1 aromatic carbocycles. The first-order valence-corrected chi connectivity index (χ1v) is 13.5. The predicted octanol–water partition coefficient (Wildman–Crippen LogP) is 4.32. The van der Waals surface area contributed by atoms with E-state index in [0.29, 0.717) is 55.9 Å². The number of carbonyl (C=O) groups excluding carboxylic acids is 1. The molecule has 9 nitrogen and oxygen atoms in total. The van der Waals surface area contributed by atoms with E-state index in [4.69, 9.17) is 0 Å². The molecule has 0 saturated carbocycles. The Hall–Kier alpha value is -4.19. The largest absolute Gasteiger partial charge is 0.367 e. The molecule has 0 spiro atoms. The van der Waals surface area contributed by atoms with E-state index in [1.54, 1.807) is 24.5 Å². The van der Waals surface area contributed by atoms with Gasteiger partial charge in [0.2, 0.25) is 11.5 Å². The second kappa shape index (κ2) is 11.7. The van der Waals surface area contributed by atoms with Gasteiger partial charge in [0.05, 0.1) is 16.9 Å². The van der Waals surface area contributed by atoms with Gasteiger partial charge in [-0.05, 0) is 51.1 Å².